The number of furan rings is 1. The summed E-state index contributed by atoms with van der Waals surface area (Å²) in [7, 11) is 0. The van der Waals surface area contributed by atoms with Gasteiger partial charge in [-0.25, -0.2) is 0 Å². The number of carbonyl (C=O) groups excluding carboxylic acids is 1. The number of fused-ring (bicyclic) bond motifs is 1. The highest BCUT2D eigenvalue weighted by Crippen LogP contribution is 2.38. The van der Waals surface area contributed by atoms with Gasteiger partial charge in [0.05, 0.1) is 23.2 Å². The van der Waals surface area contributed by atoms with Crippen LogP contribution in [-0.4, -0.2) is 12.7 Å². The first kappa shape index (κ1) is 11.7. The Balaban J connectivity index is 1.88. The molecule has 6 nitrogen and oxygen atoms in total. The number of halogens is 1. The third-order valence-electron chi connectivity index (χ3n) is 2.66. The number of anilines is 2. The summed E-state index contributed by atoms with van der Waals surface area (Å²) in [6.45, 7) is 0.139. The average Bonchev–Trinajstić information content (AvgIpc) is 2.98. The molecule has 19 heavy (non-hydrogen) atoms. The lowest BCUT2D eigenvalue weighted by molar-refractivity contribution is 0.102. The SMILES string of the molecule is Nc1cc2c(cc1NC(=O)c1ccoc1Cl)OCO2. The fourth-order valence-corrected chi connectivity index (χ4v) is 1.91. The van der Waals surface area contributed by atoms with Crippen molar-refractivity contribution in [1.29, 1.82) is 0 Å². The summed E-state index contributed by atoms with van der Waals surface area (Å²) >= 11 is 5.73. The van der Waals surface area contributed by atoms with Crippen molar-refractivity contribution in [2.24, 2.45) is 0 Å². The summed E-state index contributed by atoms with van der Waals surface area (Å²) in [5, 5.41) is 2.66. The predicted octanol–water partition coefficient (Wildman–Crippen LogP) is 2.50. The van der Waals surface area contributed by atoms with Crippen LogP contribution in [0.3, 0.4) is 0 Å². The van der Waals surface area contributed by atoms with E-state index in [1.54, 1.807) is 12.1 Å². The van der Waals surface area contributed by atoms with Crippen molar-refractivity contribution in [2.45, 2.75) is 0 Å². The van der Waals surface area contributed by atoms with Crippen molar-refractivity contribution in [3.05, 3.63) is 35.2 Å². The number of carbonyl (C=O) groups is 1. The van der Waals surface area contributed by atoms with Crippen LogP contribution in [0.2, 0.25) is 5.22 Å². The summed E-state index contributed by atoms with van der Waals surface area (Å²) in [5.41, 5.74) is 6.86. The number of nitrogens with one attached hydrogen (secondary N) is 1. The highest BCUT2D eigenvalue weighted by molar-refractivity contribution is 6.32. The minimum atomic E-state index is -0.413. The number of rotatable bonds is 2. The molecule has 1 aromatic carbocycles. The van der Waals surface area contributed by atoms with Crippen LogP contribution in [0, 0.1) is 0 Å². The van der Waals surface area contributed by atoms with Gasteiger partial charge in [0.2, 0.25) is 12.0 Å². The molecule has 98 valence electrons. The van der Waals surface area contributed by atoms with Gasteiger partial charge in [0.15, 0.2) is 11.5 Å². The highest BCUT2D eigenvalue weighted by atomic mass is 35.5. The zero-order valence-electron chi connectivity index (χ0n) is 9.60. The summed E-state index contributed by atoms with van der Waals surface area (Å²) in [6, 6.07) is 4.67. The summed E-state index contributed by atoms with van der Waals surface area (Å²) < 4.78 is 15.3. The van der Waals surface area contributed by atoms with E-state index >= 15 is 0 Å². The third-order valence-corrected chi connectivity index (χ3v) is 2.95. The molecule has 1 aromatic heterocycles. The van der Waals surface area contributed by atoms with E-state index in [1.807, 2.05) is 0 Å². The van der Waals surface area contributed by atoms with Gasteiger partial charge in [-0.3, -0.25) is 4.79 Å². The molecule has 0 aliphatic carbocycles. The third kappa shape index (κ3) is 2.06. The Hall–Kier alpha value is -2.34. The van der Waals surface area contributed by atoms with E-state index in [0.29, 0.717) is 22.9 Å². The molecule has 7 heteroatoms. The minimum Gasteiger partial charge on any atom is -0.454 e. The minimum absolute atomic E-state index is 0.0248. The summed E-state index contributed by atoms with van der Waals surface area (Å²) in [4.78, 5) is 12.0. The van der Waals surface area contributed by atoms with E-state index in [1.165, 1.54) is 12.3 Å². The van der Waals surface area contributed by atoms with Crippen LogP contribution >= 0.6 is 11.6 Å². The molecule has 1 aliphatic rings. The molecule has 0 radical (unpaired) electrons. The van der Waals surface area contributed by atoms with Gasteiger partial charge in [0, 0.05) is 12.1 Å². The summed E-state index contributed by atoms with van der Waals surface area (Å²) in [5.74, 6) is 0.670. The van der Waals surface area contributed by atoms with E-state index in [9.17, 15) is 4.79 Å². The topological polar surface area (TPSA) is 86.7 Å². The standard InChI is InChI=1S/C12H9ClN2O4/c13-11-6(1-2-17-11)12(16)15-8-4-10-9(3-7(8)14)18-5-19-10/h1-4H,5,14H2,(H,15,16). The van der Waals surface area contributed by atoms with Crippen LogP contribution in [0.1, 0.15) is 10.4 Å². The smallest absolute Gasteiger partial charge is 0.260 e. The molecule has 0 saturated carbocycles. The fraction of sp³-hybridized carbons (Fsp3) is 0.0833. The van der Waals surface area contributed by atoms with Crippen molar-refractivity contribution in [1.82, 2.24) is 0 Å². The second-order valence-electron chi connectivity index (χ2n) is 3.85. The lowest BCUT2D eigenvalue weighted by Gasteiger charge is -2.08. The normalized spacial score (nSPS) is 12.5. The molecule has 0 fully saturated rings. The van der Waals surface area contributed by atoms with Crippen LogP contribution < -0.4 is 20.5 Å². The Bertz CT molecular complexity index is 653. The Kier molecular flexibility index (Phi) is 2.72. The Morgan fingerprint density at radius 1 is 1.32 bits per heavy atom. The van der Waals surface area contributed by atoms with Gasteiger partial charge in [-0.1, -0.05) is 0 Å². The maximum atomic E-state index is 12.0. The van der Waals surface area contributed by atoms with Gasteiger partial charge in [-0.15, -0.1) is 0 Å². The molecule has 0 atom stereocenters. The molecule has 3 rings (SSSR count). The Morgan fingerprint density at radius 3 is 2.74 bits per heavy atom. The zero-order valence-corrected chi connectivity index (χ0v) is 10.4. The molecule has 1 aliphatic heterocycles. The van der Waals surface area contributed by atoms with E-state index in [-0.39, 0.29) is 17.6 Å². The van der Waals surface area contributed by atoms with Crippen molar-refractivity contribution < 1.29 is 18.7 Å². The number of amides is 1. The van der Waals surface area contributed by atoms with E-state index in [2.05, 4.69) is 5.32 Å². The van der Waals surface area contributed by atoms with Gasteiger partial charge in [-0.2, -0.15) is 0 Å². The molecule has 0 saturated heterocycles. The van der Waals surface area contributed by atoms with Gasteiger partial charge >= 0.3 is 0 Å². The molecule has 0 spiro atoms. The van der Waals surface area contributed by atoms with Gasteiger partial charge < -0.3 is 24.9 Å². The second-order valence-corrected chi connectivity index (χ2v) is 4.20. The van der Waals surface area contributed by atoms with Gasteiger partial charge in [-0.05, 0) is 17.7 Å². The number of benzene rings is 1. The number of nitrogens with two attached hydrogens (primary N) is 1. The van der Waals surface area contributed by atoms with Crippen LogP contribution in [0.5, 0.6) is 11.5 Å². The maximum Gasteiger partial charge on any atom is 0.260 e. The van der Waals surface area contributed by atoms with Gasteiger partial charge in [0.1, 0.15) is 0 Å². The van der Waals surface area contributed by atoms with Crippen LogP contribution in [0.15, 0.2) is 28.9 Å². The van der Waals surface area contributed by atoms with Crippen molar-refractivity contribution in [2.75, 3.05) is 17.8 Å². The van der Waals surface area contributed by atoms with Crippen LogP contribution in [0.4, 0.5) is 11.4 Å². The van der Waals surface area contributed by atoms with Gasteiger partial charge in [0.25, 0.3) is 5.91 Å². The van der Waals surface area contributed by atoms with Crippen LogP contribution in [0.25, 0.3) is 0 Å². The Labute approximate surface area is 113 Å². The molecular formula is C12H9ClN2O4. The lowest BCUT2D eigenvalue weighted by Crippen LogP contribution is -2.12. The lowest BCUT2D eigenvalue weighted by atomic mass is 10.2. The molecule has 0 bridgehead atoms. The molecule has 2 heterocycles. The largest absolute Gasteiger partial charge is 0.454 e. The second kappa shape index (κ2) is 4.40. The van der Waals surface area contributed by atoms with Crippen molar-refractivity contribution >= 4 is 28.9 Å². The number of ether oxygens (including phenoxy) is 2. The Morgan fingerprint density at radius 2 is 2.05 bits per heavy atom. The predicted molar refractivity (Wildman–Crippen MR) is 68.6 cm³/mol. The molecule has 2 aromatic rings. The number of nitrogen functional groups attached to an aromatic ring is 1. The van der Waals surface area contributed by atoms with Crippen molar-refractivity contribution in [3.63, 3.8) is 0 Å². The van der Waals surface area contributed by atoms with Crippen molar-refractivity contribution in [3.8, 4) is 11.5 Å². The van der Waals surface area contributed by atoms with E-state index in [0.717, 1.165) is 0 Å². The number of hydrogen-bond donors (Lipinski definition) is 2. The maximum absolute atomic E-state index is 12.0. The first-order chi connectivity index (χ1) is 9.15. The molecule has 3 N–H and O–H groups in total. The quantitative estimate of drug-likeness (QED) is 0.825. The number of hydrogen-bond acceptors (Lipinski definition) is 5. The monoisotopic (exact) mass is 280 g/mol. The average molecular weight is 281 g/mol. The first-order valence-corrected chi connectivity index (χ1v) is 5.76. The molecular weight excluding hydrogens is 272 g/mol. The highest BCUT2D eigenvalue weighted by Gasteiger charge is 2.19. The summed E-state index contributed by atoms with van der Waals surface area (Å²) in [6.07, 6.45) is 1.33. The molecule has 0 unspecified atom stereocenters. The zero-order chi connectivity index (χ0) is 13.4. The van der Waals surface area contributed by atoms with E-state index < -0.39 is 5.91 Å². The fourth-order valence-electron chi connectivity index (χ4n) is 1.71. The molecule has 1 amide bonds. The van der Waals surface area contributed by atoms with Crippen LogP contribution in [-0.2, 0) is 0 Å². The first-order valence-electron chi connectivity index (χ1n) is 5.38. The van der Waals surface area contributed by atoms with E-state index in [4.69, 9.17) is 31.2 Å².